The van der Waals surface area contributed by atoms with Crippen molar-refractivity contribution in [3.05, 3.63) is 47.5 Å². The Hall–Kier alpha value is -1.88. The van der Waals surface area contributed by atoms with Crippen molar-refractivity contribution >= 4 is 10.8 Å². The number of hydrogen-bond donors (Lipinski definition) is 0. The van der Waals surface area contributed by atoms with E-state index in [4.69, 9.17) is 5.26 Å². The third kappa shape index (κ3) is 1.33. The molecule has 0 unspecified atom stereocenters. The summed E-state index contributed by atoms with van der Waals surface area (Å²) in [7, 11) is 0. The quantitative estimate of drug-likeness (QED) is 0.669. The average molecular weight is 185 g/mol. The standard InChI is InChI=1S/C12H8FN/c13-7-11-6-9(8-14)5-10-3-1-2-4-12(10)11/h1-6H,7H2. The highest BCUT2D eigenvalue weighted by atomic mass is 19.1. The first-order valence-electron chi connectivity index (χ1n) is 4.33. The molecule has 0 heterocycles. The van der Waals surface area contributed by atoms with Crippen LogP contribution in [-0.2, 0) is 6.67 Å². The highest BCUT2D eigenvalue weighted by Gasteiger charge is 2.02. The van der Waals surface area contributed by atoms with Gasteiger partial charge in [-0.1, -0.05) is 24.3 Å². The van der Waals surface area contributed by atoms with Gasteiger partial charge in [-0.25, -0.2) is 4.39 Å². The van der Waals surface area contributed by atoms with Crippen LogP contribution in [0.25, 0.3) is 10.8 Å². The van der Waals surface area contributed by atoms with Gasteiger partial charge in [0.2, 0.25) is 0 Å². The van der Waals surface area contributed by atoms with E-state index in [9.17, 15) is 4.39 Å². The van der Waals surface area contributed by atoms with Gasteiger partial charge in [-0.15, -0.1) is 0 Å². The molecule has 0 N–H and O–H groups in total. The van der Waals surface area contributed by atoms with Crippen molar-refractivity contribution in [2.45, 2.75) is 6.67 Å². The minimum atomic E-state index is -0.532. The Morgan fingerprint density at radius 3 is 2.71 bits per heavy atom. The molecular weight excluding hydrogens is 177 g/mol. The predicted molar refractivity (Wildman–Crippen MR) is 53.5 cm³/mol. The Morgan fingerprint density at radius 1 is 1.21 bits per heavy atom. The van der Waals surface area contributed by atoms with Crippen molar-refractivity contribution in [2.24, 2.45) is 0 Å². The van der Waals surface area contributed by atoms with Crippen LogP contribution in [0.2, 0.25) is 0 Å². The fourth-order valence-corrected chi connectivity index (χ4v) is 1.57. The van der Waals surface area contributed by atoms with Crippen molar-refractivity contribution in [3.63, 3.8) is 0 Å². The maximum absolute atomic E-state index is 12.7. The summed E-state index contributed by atoms with van der Waals surface area (Å²) in [6, 6.07) is 12.9. The van der Waals surface area contributed by atoms with Gasteiger partial charge in [0, 0.05) is 0 Å². The highest BCUT2D eigenvalue weighted by molar-refractivity contribution is 5.86. The maximum Gasteiger partial charge on any atom is 0.115 e. The third-order valence-electron chi connectivity index (χ3n) is 2.22. The first kappa shape index (κ1) is 8.71. The molecule has 0 spiro atoms. The summed E-state index contributed by atoms with van der Waals surface area (Å²) in [5.74, 6) is 0. The molecular formula is C12H8FN. The van der Waals surface area contributed by atoms with E-state index in [1.54, 1.807) is 12.1 Å². The van der Waals surface area contributed by atoms with E-state index in [0.29, 0.717) is 11.1 Å². The summed E-state index contributed by atoms with van der Waals surface area (Å²) < 4.78 is 12.7. The van der Waals surface area contributed by atoms with E-state index in [-0.39, 0.29) is 0 Å². The maximum atomic E-state index is 12.7. The Balaban J connectivity index is 2.81. The summed E-state index contributed by atoms with van der Waals surface area (Å²) in [6.45, 7) is -0.532. The number of hydrogen-bond acceptors (Lipinski definition) is 1. The van der Waals surface area contributed by atoms with Crippen LogP contribution < -0.4 is 0 Å². The molecule has 0 radical (unpaired) electrons. The van der Waals surface area contributed by atoms with Crippen LogP contribution in [0.4, 0.5) is 4.39 Å². The lowest BCUT2D eigenvalue weighted by atomic mass is 10.0. The SMILES string of the molecule is N#Cc1cc(CF)c2ccccc2c1. The van der Waals surface area contributed by atoms with Gasteiger partial charge in [0.25, 0.3) is 0 Å². The van der Waals surface area contributed by atoms with Crippen LogP contribution in [0.1, 0.15) is 11.1 Å². The normalized spacial score (nSPS) is 10.0. The summed E-state index contributed by atoms with van der Waals surface area (Å²) in [6.07, 6.45) is 0. The van der Waals surface area contributed by atoms with E-state index in [1.807, 2.05) is 30.3 Å². The first-order chi connectivity index (χ1) is 6.85. The number of alkyl halides is 1. The van der Waals surface area contributed by atoms with Crippen molar-refractivity contribution in [3.8, 4) is 6.07 Å². The van der Waals surface area contributed by atoms with Crippen molar-refractivity contribution in [1.82, 2.24) is 0 Å². The summed E-state index contributed by atoms with van der Waals surface area (Å²) >= 11 is 0. The van der Waals surface area contributed by atoms with Gasteiger partial charge in [0.1, 0.15) is 6.67 Å². The zero-order valence-corrected chi connectivity index (χ0v) is 7.50. The third-order valence-corrected chi connectivity index (χ3v) is 2.22. The molecule has 0 aromatic heterocycles. The highest BCUT2D eigenvalue weighted by Crippen LogP contribution is 2.21. The van der Waals surface area contributed by atoms with Gasteiger partial charge in [0.15, 0.2) is 0 Å². The molecule has 14 heavy (non-hydrogen) atoms. The molecule has 0 saturated heterocycles. The molecule has 68 valence electrons. The smallest absolute Gasteiger partial charge is 0.115 e. The van der Waals surface area contributed by atoms with E-state index >= 15 is 0 Å². The number of rotatable bonds is 1. The molecule has 0 saturated carbocycles. The lowest BCUT2D eigenvalue weighted by molar-refractivity contribution is 0.488. The van der Waals surface area contributed by atoms with Crippen LogP contribution in [-0.4, -0.2) is 0 Å². The molecule has 0 aliphatic rings. The predicted octanol–water partition coefficient (Wildman–Crippen LogP) is 3.18. The second-order valence-electron chi connectivity index (χ2n) is 3.10. The largest absolute Gasteiger partial charge is 0.246 e. The average Bonchev–Trinajstić information content (AvgIpc) is 2.27. The van der Waals surface area contributed by atoms with E-state index < -0.39 is 6.67 Å². The molecule has 0 bridgehead atoms. The van der Waals surface area contributed by atoms with Crippen LogP contribution >= 0.6 is 0 Å². The minimum absolute atomic E-state index is 0.511. The van der Waals surface area contributed by atoms with Crippen LogP contribution in [0.3, 0.4) is 0 Å². The van der Waals surface area contributed by atoms with Gasteiger partial charge in [0.05, 0.1) is 11.6 Å². The van der Waals surface area contributed by atoms with Crippen molar-refractivity contribution in [2.75, 3.05) is 0 Å². The van der Waals surface area contributed by atoms with Gasteiger partial charge < -0.3 is 0 Å². The monoisotopic (exact) mass is 185 g/mol. The summed E-state index contributed by atoms with van der Waals surface area (Å²) in [5.41, 5.74) is 1.09. The van der Waals surface area contributed by atoms with Gasteiger partial charge >= 0.3 is 0 Å². The lowest BCUT2D eigenvalue weighted by Crippen LogP contribution is -1.85. The first-order valence-corrected chi connectivity index (χ1v) is 4.33. The fourth-order valence-electron chi connectivity index (χ4n) is 1.57. The molecule has 0 fully saturated rings. The molecule has 1 nitrogen and oxygen atoms in total. The molecule has 2 aromatic carbocycles. The van der Waals surface area contributed by atoms with Gasteiger partial charge in [-0.2, -0.15) is 5.26 Å². The Morgan fingerprint density at radius 2 is 2.00 bits per heavy atom. The second-order valence-corrected chi connectivity index (χ2v) is 3.10. The van der Waals surface area contributed by atoms with Gasteiger partial charge in [-0.3, -0.25) is 0 Å². The fraction of sp³-hybridized carbons (Fsp3) is 0.0833. The molecule has 2 heteroatoms. The van der Waals surface area contributed by atoms with Crippen molar-refractivity contribution < 1.29 is 4.39 Å². The molecule has 2 rings (SSSR count). The zero-order chi connectivity index (χ0) is 9.97. The number of benzene rings is 2. The number of halogens is 1. The molecule has 2 aromatic rings. The van der Waals surface area contributed by atoms with Crippen LogP contribution in [0.15, 0.2) is 36.4 Å². The minimum Gasteiger partial charge on any atom is -0.246 e. The Labute approximate surface area is 81.4 Å². The van der Waals surface area contributed by atoms with Crippen LogP contribution in [0.5, 0.6) is 0 Å². The summed E-state index contributed by atoms with van der Waals surface area (Å²) in [5, 5.41) is 10.5. The molecule has 0 aliphatic carbocycles. The van der Waals surface area contributed by atoms with Gasteiger partial charge in [-0.05, 0) is 28.5 Å². The zero-order valence-electron chi connectivity index (χ0n) is 7.50. The molecule has 0 amide bonds. The van der Waals surface area contributed by atoms with Crippen LogP contribution in [0, 0.1) is 11.3 Å². The number of nitriles is 1. The Bertz CT molecular complexity index is 511. The molecule has 0 atom stereocenters. The lowest BCUT2D eigenvalue weighted by Gasteiger charge is -2.03. The van der Waals surface area contributed by atoms with E-state index in [2.05, 4.69) is 0 Å². The number of fused-ring (bicyclic) bond motifs is 1. The Kier molecular flexibility index (Phi) is 2.16. The molecule has 0 aliphatic heterocycles. The summed E-state index contributed by atoms with van der Waals surface area (Å²) in [4.78, 5) is 0. The second kappa shape index (κ2) is 3.47. The van der Waals surface area contributed by atoms with E-state index in [1.165, 1.54) is 0 Å². The van der Waals surface area contributed by atoms with Crippen molar-refractivity contribution in [1.29, 1.82) is 5.26 Å². The topological polar surface area (TPSA) is 23.8 Å². The number of nitrogens with zero attached hydrogens (tertiary/aromatic N) is 1. The van der Waals surface area contributed by atoms with E-state index in [0.717, 1.165) is 10.8 Å².